The molecule has 2 aromatic carbocycles. The van der Waals surface area contributed by atoms with Crippen LogP contribution in [-0.2, 0) is 16.4 Å². The zero-order valence-electron chi connectivity index (χ0n) is 19.4. The molecule has 0 atom stereocenters. The third-order valence-electron chi connectivity index (χ3n) is 6.01. The van der Waals surface area contributed by atoms with E-state index in [1.54, 1.807) is 48.8 Å². The molecule has 0 saturated carbocycles. The van der Waals surface area contributed by atoms with E-state index in [4.69, 9.17) is 4.74 Å². The number of carbonyl (C=O) groups excluding carboxylic acids is 1. The number of sulfonamides is 1. The number of ether oxygens (including phenoxy) is 1. The minimum absolute atomic E-state index is 0.0619. The molecule has 1 aliphatic rings. The fourth-order valence-corrected chi connectivity index (χ4v) is 5.72. The third kappa shape index (κ3) is 5.78. The van der Waals surface area contributed by atoms with Crippen molar-refractivity contribution >= 4 is 33.0 Å². The van der Waals surface area contributed by atoms with Crippen LogP contribution >= 0.6 is 11.3 Å². The summed E-state index contributed by atoms with van der Waals surface area (Å²) in [5.74, 6) is 0.509. The summed E-state index contributed by atoms with van der Waals surface area (Å²) < 4.78 is 33.6. The Labute approximate surface area is 205 Å². The molecule has 1 saturated heterocycles. The summed E-state index contributed by atoms with van der Waals surface area (Å²) in [5, 5.41) is 2.09. The van der Waals surface area contributed by atoms with Gasteiger partial charge >= 0.3 is 0 Å². The van der Waals surface area contributed by atoms with Crippen LogP contribution in [0.25, 0.3) is 0 Å². The Balaban J connectivity index is 1.41. The zero-order valence-corrected chi connectivity index (χ0v) is 21.0. The van der Waals surface area contributed by atoms with Crippen LogP contribution in [0.4, 0.5) is 5.69 Å². The topological polar surface area (TPSA) is 78.9 Å². The first-order valence-corrected chi connectivity index (χ1v) is 13.5. The smallest absolute Gasteiger partial charge is 0.261 e. The summed E-state index contributed by atoms with van der Waals surface area (Å²) in [5.41, 5.74) is 1.60. The summed E-state index contributed by atoms with van der Waals surface area (Å²) in [6.07, 6.45) is 1.02. The summed E-state index contributed by atoms with van der Waals surface area (Å²) in [7, 11) is -2.29. The summed E-state index contributed by atoms with van der Waals surface area (Å²) in [4.78, 5) is 18.9. The Morgan fingerprint density at radius 1 is 1.06 bits per heavy atom. The molecule has 4 rings (SSSR count). The molecule has 0 aliphatic carbocycles. The fourth-order valence-electron chi connectivity index (χ4n) is 3.94. The number of hydrogen-bond acceptors (Lipinski definition) is 6. The van der Waals surface area contributed by atoms with Gasteiger partial charge in [0.15, 0.2) is 0 Å². The second-order valence-corrected chi connectivity index (χ2v) is 11.0. The van der Waals surface area contributed by atoms with Crippen molar-refractivity contribution in [2.75, 3.05) is 44.6 Å². The van der Waals surface area contributed by atoms with E-state index in [1.807, 2.05) is 11.8 Å². The molecule has 3 aromatic rings. The quantitative estimate of drug-likeness (QED) is 0.509. The number of thiophene rings is 1. The fraction of sp³-hybridized carbons (Fsp3) is 0.320. The Hall–Kier alpha value is -2.88. The summed E-state index contributed by atoms with van der Waals surface area (Å²) in [6, 6.07) is 15.5. The number of anilines is 1. The van der Waals surface area contributed by atoms with Gasteiger partial charge in [-0.25, -0.2) is 8.42 Å². The number of aryl methyl sites for hydroxylation is 1. The van der Waals surface area contributed by atoms with E-state index in [1.165, 1.54) is 17.0 Å². The van der Waals surface area contributed by atoms with E-state index in [0.717, 1.165) is 31.6 Å². The molecule has 1 fully saturated rings. The van der Waals surface area contributed by atoms with Crippen molar-refractivity contribution in [1.82, 2.24) is 9.80 Å². The van der Waals surface area contributed by atoms with Gasteiger partial charge in [-0.05, 0) is 66.8 Å². The van der Waals surface area contributed by atoms with Crippen molar-refractivity contribution in [1.29, 1.82) is 0 Å². The number of hydrogen-bond donors (Lipinski definition) is 1. The maximum atomic E-state index is 13.3. The number of amides is 1. The highest BCUT2D eigenvalue weighted by molar-refractivity contribution is 7.92. The maximum absolute atomic E-state index is 13.3. The van der Waals surface area contributed by atoms with E-state index < -0.39 is 10.0 Å². The number of nitrogens with zero attached hydrogens (tertiary/aromatic N) is 2. The van der Waals surface area contributed by atoms with Gasteiger partial charge in [-0.1, -0.05) is 12.1 Å². The van der Waals surface area contributed by atoms with Crippen LogP contribution in [0.1, 0.15) is 20.8 Å². The van der Waals surface area contributed by atoms with E-state index in [0.29, 0.717) is 30.1 Å². The normalized spacial score (nSPS) is 14.7. The second kappa shape index (κ2) is 10.6. The standard InChI is InChI=1S/C25H29N3O4S2/c1-19-5-10-23(34(30,31)26-20-6-8-21(32-2)9-7-20)18-24(19)25(29)28-15-13-27(14-16-28)12-11-22-4-3-17-33-22/h3-10,17-18,26H,11-16H2,1-2H3. The highest BCUT2D eigenvalue weighted by atomic mass is 32.2. The maximum Gasteiger partial charge on any atom is 0.261 e. The molecule has 0 unspecified atom stereocenters. The lowest BCUT2D eigenvalue weighted by molar-refractivity contribution is 0.0638. The lowest BCUT2D eigenvalue weighted by Gasteiger charge is -2.35. The van der Waals surface area contributed by atoms with Gasteiger partial charge in [0.25, 0.3) is 15.9 Å². The first kappa shape index (κ1) is 24.3. The molecule has 7 nitrogen and oxygen atoms in total. The van der Waals surface area contributed by atoms with Gasteiger partial charge in [-0.15, -0.1) is 11.3 Å². The average molecular weight is 500 g/mol. The van der Waals surface area contributed by atoms with E-state index in [2.05, 4.69) is 27.1 Å². The molecule has 1 aromatic heterocycles. The van der Waals surface area contributed by atoms with Crippen LogP contribution in [0, 0.1) is 6.92 Å². The number of nitrogens with one attached hydrogen (secondary N) is 1. The molecule has 1 aliphatic heterocycles. The number of methoxy groups -OCH3 is 1. The molecule has 9 heteroatoms. The van der Waals surface area contributed by atoms with Crippen LogP contribution < -0.4 is 9.46 Å². The van der Waals surface area contributed by atoms with Crippen molar-refractivity contribution in [2.24, 2.45) is 0 Å². The summed E-state index contributed by atoms with van der Waals surface area (Å²) in [6.45, 7) is 5.69. The first-order chi connectivity index (χ1) is 16.4. The Morgan fingerprint density at radius 3 is 2.44 bits per heavy atom. The van der Waals surface area contributed by atoms with Crippen molar-refractivity contribution < 1.29 is 17.9 Å². The Morgan fingerprint density at radius 2 is 1.79 bits per heavy atom. The largest absolute Gasteiger partial charge is 0.497 e. The van der Waals surface area contributed by atoms with Crippen LogP contribution in [0.3, 0.4) is 0 Å². The van der Waals surface area contributed by atoms with Crippen molar-refractivity contribution in [2.45, 2.75) is 18.2 Å². The molecule has 1 N–H and O–H groups in total. The van der Waals surface area contributed by atoms with Crippen LogP contribution in [0.15, 0.2) is 64.9 Å². The molecule has 34 heavy (non-hydrogen) atoms. The highest BCUT2D eigenvalue weighted by Crippen LogP contribution is 2.22. The van der Waals surface area contributed by atoms with Crippen LogP contribution in [0.2, 0.25) is 0 Å². The van der Waals surface area contributed by atoms with Crippen molar-refractivity contribution in [3.05, 3.63) is 76.0 Å². The molecular weight excluding hydrogens is 470 g/mol. The van der Waals surface area contributed by atoms with E-state index >= 15 is 0 Å². The van der Waals surface area contributed by atoms with Crippen molar-refractivity contribution in [3.8, 4) is 5.75 Å². The van der Waals surface area contributed by atoms with Gasteiger partial charge in [-0.2, -0.15) is 0 Å². The monoisotopic (exact) mass is 499 g/mol. The van der Waals surface area contributed by atoms with Crippen LogP contribution in [0.5, 0.6) is 5.75 Å². The predicted molar refractivity (Wildman–Crippen MR) is 135 cm³/mol. The number of rotatable bonds is 8. The molecule has 0 radical (unpaired) electrons. The molecule has 0 bridgehead atoms. The van der Waals surface area contributed by atoms with E-state index in [-0.39, 0.29) is 10.8 Å². The average Bonchev–Trinajstić information content (AvgIpc) is 3.37. The molecular formula is C25H29N3O4S2. The van der Waals surface area contributed by atoms with Gasteiger partial charge in [0.05, 0.1) is 12.0 Å². The number of piperazine rings is 1. The second-order valence-electron chi connectivity index (χ2n) is 8.27. The van der Waals surface area contributed by atoms with Gasteiger partial charge in [-0.3, -0.25) is 14.4 Å². The van der Waals surface area contributed by atoms with Crippen LogP contribution in [-0.4, -0.2) is 64.0 Å². The Bertz CT molecular complexity index is 1220. The van der Waals surface area contributed by atoms with Gasteiger partial charge in [0.2, 0.25) is 0 Å². The Kier molecular flexibility index (Phi) is 7.55. The SMILES string of the molecule is COc1ccc(NS(=O)(=O)c2ccc(C)c(C(=O)N3CCN(CCc4cccs4)CC3)c2)cc1. The molecule has 2 heterocycles. The van der Waals surface area contributed by atoms with Gasteiger partial charge in [0, 0.05) is 48.9 Å². The minimum Gasteiger partial charge on any atom is -0.497 e. The zero-order chi connectivity index (χ0) is 24.1. The van der Waals surface area contributed by atoms with Gasteiger partial charge in [0.1, 0.15) is 5.75 Å². The number of benzene rings is 2. The lowest BCUT2D eigenvalue weighted by atomic mass is 10.1. The predicted octanol–water partition coefficient (Wildman–Crippen LogP) is 3.87. The summed E-state index contributed by atoms with van der Waals surface area (Å²) >= 11 is 1.77. The minimum atomic E-state index is -3.84. The molecule has 0 spiro atoms. The number of carbonyl (C=O) groups is 1. The molecule has 180 valence electrons. The van der Waals surface area contributed by atoms with E-state index in [9.17, 15) is 13.2 Å². The van der Waals surface area contributed by atoms with Crippen molar-refractivity contribution in [3.63, 3.8) is 0 Å². The third-order valence-corrected chi connectivity index (χ3v) is 8.32. The lowest BCUT2D eigenvalue weighted by Crippen LogP contribution is -2.49. The molecule has 1 amide bonds. The highest BCUT2D eigenvalue weighted by Gasteiger charge is 2.25. The van der Waals surface area contributed by atoms with Gasteiger partial charge < -0.3 is 9.64 Å². The first-order valence-electron chi connectivity index (χ1n) is 11.2.